The third kappa shape index (κ3) is 3.76. The van der Waals surface area contributed by atoms with Crippen molar-refractivity contribution in [3.05, 3.63) is 78.4 Å². The van der Waals surface area contributed by atoms with Crippen molar-refractivity contribution in [2.45, 2.75) is 12.5 Å². The molecule has 0 bridgehead atoms. The molecule has 0 aliphatic heterocycles. The summed E-state index contributed by atoms with van der Waals surface area (Å²) in [6.07, 6.45) is 3.99. The Kier molecular flexibility index (Phi) is 4.89. The summed E-state index contributed by atoms with van der Waals surface area (Å²) in [5.74, 6) is -0.320. The van der Waals surface area contributed by atoms with Gasteiger partial charge in [0, 0.05) is 23.3 Å². The number of imidazole rings is 1. The minimum absolute atomic E-state index is 0.0867. The van der Waals surface area contributed by atoms with Crippen LogP contribution < -0.4 is 5.32 Å². The van der Waals surface area contributed by atoms with E-state index in [1.807, 2.05) is 54.6 Å². The summed E-state index contributed by atoms with van der Waals surface area (Å²) in [4.78, 5) is 25.6. The van der Waals surface area contributed by atoms with Gasteiger partial charge in [0.2, 0.25) is 5.82 Å². The van der Waals surface area contributed by atoms with Crippen molar-refractivity contribution in [2.24, 2.45) is 0 Å². The van der Waals surface area contributed by atoms with Crippen molar-refractivity contribution in [2.75, 3.05) is 6.61 Å². The number of aromatic nitrogens is 5. The molecule has 0 fully saturated rings. The van der Waals surface area contributed by atoms with E-state index in [9.17, 15) is 9.90 Å². The molecule has 0 aliphatic rings. The minimum atomic E-state index is -0.418. The van der Waals surface area contributed by atoms with Crippen LogP contribution in [0.15, 0.2) is 67.0 Å². The number of rotatable bonds is 6. The van der Waals surface area contributed by atoms with Gasteiger partial charge in [-0.05, 0) is 36.2 Å². The predicted octanol–water partition coefficient (Wildman–Crippen LogP) is 2.83. The fourth-order valence-electron chi connectivity index (χ4n) is 3.67. The average Bonchev–Trinajstić information content (AvgIpc) is 3.41. The molecule has 4 N–H and O–H groups in total. The quantitative estimate of drug-likeness (QED) is 0.342. The second-order valence-electron chi connectivity index (χ2n) is 7.34. The predicted molar refractivity (Wildman–Crippen MR) is 117 cm³/mol. The lowest BCUT2D eigenvalue weighted by molar-refractivity contribution is 0.0907. The van der Waals surface area contributed by atoms with E-state index in [0.29, 0.717) is 17.5 Å². The average molecular weight is 412 g/mol. The molecule has 1 unspecified atom stereocenters. The second-order valence-corrected chi connectivity index (χ2v) is 7.34. The van der Waals surface area contributed by atoms with Crippen LogP contribution in [-0.2, 0) is 6.42 Å². The molecule has 8 nitrogen and oxygen atoms in total. The Morgan fingerprint density at radius 2 is 1.74 bits per heavy atom. The van der Waals surface area contributed by atoms with Gasteiger partial charge in [0.15, 0.2) is 0 Å². The number of hydrogen-bond donors (Lipinski definition) is 4. The van der Waals surface area contributed by atoms with Crippen LogP contribution in [0, 0.1) is 0 Å². The molecule has 0 spiro atoms. The monoisotopic (exact) mass is 412 g/mol. The van der Waals surface area contributed by atoms with Gasteiger partial charge in [-0.3, -0.25) is 14.9 Å². The van der Waals surface area contributed by atoms with Gasteiger partial charge >= 0.3 is 0 Å². The first-order chi connectivity index (χ1) is 15.2. The Balaban J connectivity index is 1.42. The normalized spacial score (nSPS) is 12.3. The minimum Gasteiger partial charge on any atom is -0.394 e. The van der Waals surface area contributed by atoms with Gasteiger partial charge in [0.25, 0.3) is 5.91 Å². The highest BCUT2D eigenvalue weighted by molar-refractivity contribution is 6.02. The van der Waals surface area contributed by atoms with E-state index < -0.39 is 11.9 Å². The number of fused-ring (bicyclic) bond motifs is 2. The standard InChI is InChI=1S/C23H20N6O2/c30-13-16(10-14-4-2-1-3-5-14)25-23(31)22-26-19-11-17-18(12-20(19)27-22)28-29-21(17)15-6-8-24-9-7-15/h1-9,11-12,16,28-30H,10,13H2,(H,25,31). The van der Waals surface area contributed by atoms with Crippen LogP contribution in [0.5, 0.6) is 0 Å². The zero-order valence-corrected chi connectivity index (χ0v) is 16.5. The van der Waals surface area contributed by atoms with Crippen molar-refractivity contribution in [1.29, 1.82) is 0 Å². The van der Waals surface area contributed by atoms with E-state index in [-0.39, 0.29) is 12.4 Å². The molecule has 0 aliphatic carbocycles. The van der Waals surface area contributed by atoms with Crippen LogP contribution in [0.25, 0.3) is 33.2 Å². The summed E-state index contributed by atoms with van der Waals surface area (Å²) >= 11 is 0. The number of benzene rings is 2. The zero-order valence-electron chi connectivity index (χ0n) is 16.5. The van der Waals surface area contributed by atoms with Gasteiger partial charge in [0.05, 0.1) is 34.9 Å². The maximum atomic E-state index is 12.7. The summed E-state index contributed by atoms with van der Waals surface area (Å²) in [6.45, 7) is -0.172. The van der Waals surface area contributed by atoms with Crippen molar-refractivity contribution in [3.8, 4) is 11.3 Å². The number of aliphatic hydroxyl groups is 1. The topological polar surface area (TPSA) is 120 Å². The molecule has 0 saturated heterocycles. The van der Waals surface area contributed by atoms with Crippen LogP contribution in [-0.4, -0.2) is 48.8 Å². The third-order valence-electron chi connectivity index (χ3n) is 5.21. The number of pyridine rings is 1. The van der Waals surface area contributed by atoms with Gasteiger partial charge < -0.3 is 15.5 Å². The van der Waals surface area contributed by atoms with Crippen LogP contribution in [0.2, 0.25) is 0 Å². The highest BCUT2D eigenvalue weighted by Crippen LogP contribution is 2.28. The van der Waals surface area contributed by atoms with Crippen LogP contribution in [0.3, 0.4) is 0 Å². The van der Waals surface area contributed by atoms with Gasteiger partial charge in [0.1, 0.15) is 0 Å². The number of carbonyl (C=O) groups excluding carboxylic acids is 1. The zero-order chi connectivity index (χ0) is 21.2. The number of H-pyrrole nitrogens is 2. The molecule has 1 amide bonds. The van der Waals surface area contributed by atoms with E-state index in [0.717, 1.165) is 27.7 Å². The largest absolute Gasteiger partial charge is 0.394 e. The molecule has 2 aromatic carbocycles. The van der Waals surface area contributed by atoms with E-state index in [1.165, 1.54) is 0 Å². The smallest absolute Gasteiger partial charge is 0.289 e. The molecule has 8 heteroatoms. The molecule has 5 rings (SSSR count). The number of aromatic amines is 2. The number of amides is 1. The highest BCUT2D eigenvalue weighted by atomic mass is 16.3. The number of nitrogens with zero attached hydrogens (tertiary/aromatic N) is 3. The summed E-state index contributed by atoms with van der Waals surface area (Å²) in [7, 11) is 0. The Hall–Kier alpha value is -4.04. The third-order valence-corrected chi connectivity index (χ3v) is 5.21. The highest BCUT2D eigenvalue weighted by Gasteiger charge is 2.19. The van der Waals surface area contributed by atoms with E-state index in [1.54, 1.807) is 12.4 Å². The number of hydrogen-bond acceptors (Lipinski definition) is 5. The van der Waals surface area contributed by atoms with Gasteiger partial charge in [-0.1, -0.05) is 30.3 Å². The maximum Gasteiger partial charge on any atom is 0.289 e. The van der Waals surface area contributed by atoms with Crippen molar-refractivity contribution in [3.63, 3.8) is 0 Å². The Morgan fingerprint density at radius 1 is 1.00 bits per heavy atom. The van der Waals surface area contributed by atoms with Crippen molar-refractivity contribution < 1.29 is 9.90 Å². The fraction of sp³-hybridized carbons (Fsp3) is 0.130. The molecular weight excluding hydrogens is 392 g/mol. The van der Waals surface area contributed by atoms with Crippen molar-refractivity contribution in [1.82, 2.24) is 30.5 Å². The lowest BCUT2D eigenvalue weighted by atomic mass is 10.1. The molecule has 3 aromatic heterocycles. The summed E-state index contributed by atoms with van der Waals surface area (Å²) in [5.41, 5.74) is 5.05. The van der Waals surface area contributed by atoms with Crippen LogP contribution >= 0.6 is 0 Å². The van der Waals surface area contributed by atoms with E-state index in [2.05, 4.69) is 30.5 Å². The SMILES string of the molecule is O=C(NC(CO)Cc1ccccc1)c1nc2cc3[nH][nH]c(-c4ccncc4)c3cc2n1. The fourth-order valence-corrected chi connectivity index (χ4v) is 3.67. The lowest BCUT2D eigenvalue weighted by Gasteiger charge is -2.15. The number of carbonyl (C=O) groups is 1. The summed E-state index contributed by atoms with van der Waals surface area (Å²) in [5, 5.41) is 19.8. The molecule has 31 heavy (non-hydrogen) atoms. The first-order valence-corrected chi connectivity index (χ1v) is 9.95. The van der Waals surface area contributed by atoms with E-state index in [4.69, 9.17) is 0 Å². The Labute approximate surface area is 177 Å². The van der Waals surface area contributed by atoms with Crippen LogP contribution in [0.1, 0.15) is 16.2 Å². The van der Waals surface area contributed by atoms with Crippen LogP contribution in [0.4, 0.5) is 0 Å². The van der Waals surface area contributed by atoms with Gasteiger partial charge in [-0.15, -0.1) is 0 Å². The first-order valence-electron chi connectivity index (χ1n) is 9.95. The molecule has 0 radical (unpaired) electrons. The maximum absolute atomic E-state index is 12.7. The Bertz CT molecular complexity index is 1340. The molecule has 154 valence electrons. The summed E-state index contributed by atoms with van der Waals surface area (Å²) < 4.78 is 0. The number of aliphatic hydroxyl groups excluding tert-OH is 1. The molecule has 3 heterocycles. The Morgan fingerprint density at radius 3 is 2.48 bits per heavy atom. The molecule has 0 saturated carbocycles. The van der Waals surface area contributed by atoms with Gasteiger partial charge in [-0.2, -0.15) is 0 Å². The van der Waals surface area contributed by atoms with E-state index >= 15 is 0 Å². The molecule has 5 aromatic rings. The number of nitrogens with one attached hydrogen (secondary N) is 3. The second kappa shape index (κ2) is 8.00. The lowest BCUT2D eigenvalue weighted by Crippen LogP contribution is -2.39. The van der Waals surface area contributed by atoms with Crippen molar-refractivity contribution >= 4 is 27.8 Å². The molecular formula is C23H20N6O2. The summed E-state index contributed by atoms with van der Waals surface area (Å²) in [6, 6.07) is 16.9. The molecule has 1 atom stereocenters. The van der Waals surface area contributed by atoms with Gasteiger partial charge in [-0.25, -0.2) is 9.97 Å². The first kappa shape index (κ1) is 19.0.